The number of hydrogen-bond acceptors (Lipinski definition) is 4. The van der Waals surface area contributed by atoms with E-state index in [1.165, 1.54) is 5.56 Å². The molecule has 2 aliphatic heterocycles. The lowest BCUT2D eigenvalue weighted by atomic mass is 9.97. The van der Waals surface area contributed by atoms with Crippen molar-refractivity contribution in [1.29, 1.82) is 0 Å². The zero-order chi connectivity index (χ0) is 16.6. The number of amides is 1. The van der Waals surface area contributed by atoms with Gasteiger partial charge in [0.1, 0.15) is 12.0 Å². The fourth-order valence-corrected chi connectivity index (χ4v) is 3.22. The Labute approximate surface area is 143 Å². The summed E-state index contributed by atoms with van der Waals surface area (Å²) in [5.41, 5.74) is 1.18. The summed E-state index contributed by atoms with van der Waals surface area (Å²) in [7, 11) is 0. The first kappa shape index (κ1) is 16.8. The Morgan fingerprint density at radius 2 is 2.00 bits per heavy atom. The molecule has 5 heteroatoms. The van der Waals surface area contributed by atoms with E-state index in [4.69, 9.17) is 9.47 Å². The predicted molar refractivity (Wildman–Crippen MR) is 91.8 cm³/mol. The average Bonchev–Trinajstić information content (AvgIpc) is 3.14. The second-order valence-electron chi connectivity index (χ2n) is 6.47. The first-order valence-corrected chi connectivity index (χ1v) is 8.77. The lowest BCUT2D eigenvalue weighted by Crippen LogP contribution is -2.39. The average molecular weight is 330 g/mol. The van der Waals surface area contributed by atoms with Gasteiger partial charge >= 0.3 is 0 Å². The molecule has 0 saturated carbocycles. The molecule has 1 saturated heterocycles. The molecule has 0 aromatic heterocycles. The molecular formula is C19H26N2O3. The zero-order valence-electron chi connectivity index (χ0n) is 14.1. The van der Waals surface area contributed by atoms with Crippen molar-refractivity contribution in [3.63, 3.8) is 0 Å². The van der Waals surface area contributed by atoms with Crippen molar-refractivity contribution in [2.75, 3.05) is 26.4 Å². The van der Waals surface area contributed by atoms with E-state index in [9.17, 15) is 4.79 Å². The largest absolute Gasteiger partial charge is 0.462 e. The smallest absolute Gasteiger partial charge is 0.229 e. The molecule has 1 N–H and O–H groups in total. The van der Waals surface area contributed by atoms with Crippen molar-refractivity contribution in [1.82, 2.24) is 10.2 Å². The summed E-state index contributed by atoms with van der Waals surface area (Å²) >= 11 is 0. The molecule has 0 bridgehead atoms. The summed E-state index contributed by atoms with van der Waals surface area (Å²) in [6.07, 6.45) is 4.96. The first-order chi connectivity index (χ1) is 11.8. The molecule has 2 heterocycles. The molecule has 0 radical (unpaired) electrons. The molecule has 5 nitrogen and oxygen atoms in total. The van der Waals surface area contributed by atoms with Crippen molar-refractivity contribution >= 4 is 5.91 Å². The van der Waals surface area contributed by atoms with Crippen LogP contribution < -0.4 is 5.32 Å². The van der Waals surface area contributed by atoms with Gasteiger partial charge in [0.05, 0.1) is 0 Å². The van der Waals surface area contributed by atoms with Crippen LogP contribution in [0.25, 0.3) is 0 Å². The summed E-state index contributed by atoms with van der Waals surface area (Å²) in [6, 6.07) is 10.2. The number of allylic oxidation sites excluding steroid dienone is 1. The lowest BCUT2D eigenvalue weighted by molar-refractivity contribution is -0.132. The molecule has 0 unspecified atom stereocenters. The Bertz CT molecular complexity index is 553. The molecule has 3 rings (SSSR count). The minimum Gasteiger partial charge on any atom is -0.462 e. The number of rotatable bonds is 7. The number of ether oxygens (including phenoxy) is 2. The molecule has 1 aromatic carbocycles. The van der Waals surface area contributed by atoms with Gasteiger partial charge in [-0.05, 0) is 37.4 Å². The molecule has 0 atom stereocenters. The fraction of sp³-hybridized carbons (Fsp3) is 0.526. The fourth-order valence-electron chi connectivity index (χ4n) is 3.22. The third kappa shape index (κ3) is 4.99. The number of hydrogen-bond donors (Lipinski definition) is 1. The third-order valence-corrected chi connectivity index (χ3v) is 4.62. The van der Waals surface area contributed by atoms with E-state index in [1.54, 1.807) is 6.26 Å². The standard InChI is InChI=1S/C19H26N2O3/c22-19(7-6-18-14-23-15-24-18)21(12-16-4-2-1-3-5-16)13-17-8-10-20-11-9-17/h1-5,14,17,20H,6-13,15H2. The first-order valence-electron chi connectivity index (χ1n) is 8.77. The number of nitrogens with one attached hydrogen (secondary N) is 1. The molecule has 1 fully saturated rings. The van der Waals surface area contributed by atoms with Gasteiger partial charge in [0.15, 0.2) is 0 Å². The maximum absolute atomic E-state index is 12.8. The normalized spacial score (nSPS) is 17.8. The van der Waals surface area contributed by atoms with Gasteiger partial charge in [-0.1, -0.05) is 30.3 Å². The van der Waals surface area contributed by atoms with Crippen molar-refractivity contribution < 1.29 is 14.3 Å². The molecule has 0 spiro atoms. The molecule has 1 amide bonds. The minimum atomic E-state index is 0.189. The molecular weight excluding hydrogens is 304 g/mol. The van der Waals surface area contributed by atoms with Crippen LogP contribution in [0.4, 0.5) is 0 Å². The van der Waals surface area contributed by atoms with Crippen LogP contribution in [0.2, 0.25) is 0 Å². The number of nitrogens with zero attached hydrogens (tertiary/aromatic N) is 1. The van der Waals surface area contributed by atoms with Gasteiger partial charge in [-0.25, -0.2) is 0 Å². The predicted octanol–water partition coefficient (Wildman–Crippen LogP) is 2.64. The van der Waals surface area contributed by atoms with Gasteiger partial charge < -0.3 is 19.7 Å². The Hall–Kier alpha value is -2.01. The van der Waals surface area contributed by atoms with Crippen LogP contribution >= 0.6 is 0 Å². The molecule has 24 heavy (non-hydrogen) atoms. The highest BCUT2D eigenvalue weighted by molar-refractivity contribution is 5.76. The van der Waals surface area contributed by atoms with E-state index < -0.39 is 0 Å². The maximum atomic E-state index is 12.8. The SMILES string of the molecule is O=C(CCC1=COCO1)N(Cc1ccccc1)CC1CCNCC1. The maximum Gasteiger partial charge on any atom is 0.229 e. The van der Waals surface area contributed by atoms with Crippen LogP contribution in [-0.4, -0.2) is 37.2 Å². The van der Waals surface area contributed by atoms with Crippen molar-refractivity contribution in [3.05, 3.63) is 47.9 Å². The van der Waals surface area contributed by atoms with E-state index in [1.807, 2.05) is 23.1 Å². The van der Waals surface area contributed by atoms with Crippen LogP contribution in [0.15, 0.2) is 42.4 Å². The van der Waals surface area contributed by atoms with E-state index >= 15 is 0 Å². The quantitative estimate of drug-likeness (QED) is 0.835. The van der Waals surface area contributed by atoms with E-state index in [0.29, 0.717) is 25.3 Å². The van der Waals surface area contributed by atoms with E-state index in [-0.39, 0.29) is 12.7 Å². The summed E-state index contributed by atoms with van der Waals surface area (Å²) in [5, 5.41) is 3.39. The highest BCUT2D eigenvalue weighted by Gasteiger charge is 2.21. The Morgan fingerprint density at radius 3 is 2.71 bits per heavy atom. The van der Waals surface area contributed by atoms with Gasteiger partial charge in [-0.2, -0.15) is 0 Å². The van der Waals surface area contributed by atoms with Gasteiger partial charge in [0, 0.05) is 25.9 Å². The second-order valence-corrected chi connectivity index (χ2v) is 6.47. The van der Waals surface area contributed by atoms with Crippen LogP contribution in [0.1, 0.15) is 31.2 Å². The lowest BCUT2D eigenvalue weighted by Gasteiger charge is -2.30. The van der Waals surface area contributed by atoms with Gasteiger partial charge in [-0.3, -0.25) is 4.79 Å². The van der Waals surface area contributed by atoms with Gasteiger partial charge in [-0.15, -0.1) is 0 Å². The Morgan fingerprint density at radius 1 is 1.21 bits per heavy atom. The summed E-state index contributed by atoms with van der Waals surface area (Å²) in [4.78, 5) is 14.8. The van der Waals surface area contributed by atoms with Crippen LogP contribution in [-0.2, 0) is 20.8 Å². The number of carbonyl (C=O) groups excluding carboxylic acids is 1. The number of piperidine rings is 1. The van der Waals surface area contributed by atoms with Crippen LogP contribution in [0, 0.1) is 5.92 Å². The molecule has 1 aromatic rings. The van der Waals surface area contributed by atoms with Crippen LogP contribution in [0.5, 0.6) is 0 Å². The summed E-state index contributed by atoms with van der Waals surface area (Å²) < 4.78 is 10.4. The molecule has 2 aliphatic rings. The summed E-state index contributed by atoms with van der Waals surface area (Å²) in [5.74, 6) is 1.54. The highest BCUT2D eigenvalue weighted by Crippen LogP contribution is 2.19. The van der Waals surface area contributed by atoms with Crippen molar-refractivity contribution in [2.45, 2.75) is 32.2 Å². The van der Waals surface area contributed by atoms with Gasteiger partial charge in [0.2, 0.25) is 12.7 Å². The third-order valence-electron chi connectivity index (χ3n) is 4.62. The Kier molecular flexibility index (Phi) is 6.13. The highest BCUT2D eigenvalue weighted by atomic mass is 16.7. The van der Waals surface area contributed by atoms with Gasteiger partial charge in [0.25, 0.3) is 0 Å². The number of carbonyl (C=O) groups is 1. The van der Waals surface area contributed by atoms with Crippen molar-refractivity contribution in [3.8, 4) is 0 Å². The summed E-state index contributed by atoms with van der Waals surface area (Å²) in [6.45, 7) is 3.89. The van der Waals surface area contributed by atoms with Crippen molar-refractivity contribution in [2.24, 2.45) is 5.92 Å². The second kappa shape index (κ2) is 8.73. The molecule has 130 valence electrons. The molecule has 0 aliphatic carbocycles. The monoisotopic (exact) mass is 330 g/mol. The van der Waals surface area contributed by atoms with E-state index in [0.717, 1.165) is 38.2 Å². The minimum absolute atomic E-state index is 0.189. The van der Waals surface area contributed by atoms with Crippen LogP contribution in [0.3, 0.4) is 0 Å². The van der Waals surface area contributed by atoms with E-state index in [2.05, 4.69) is 17.4 Å². The zero-order valence-corrected chi connectivity index (χ0v) is 14.1. The number of benzene rings is 1. The topological polar surface area (TPSA) is 50.8 Å². The Balaban J connectivity index is 1.59.